The molecule has 3 nitrogen and oxygen atoms in total. The lowest BCUT2D eigenvalue weighted by atomic mass is 9.93. The first-order valence-corrected chi connectivity index (χ1v) is 7.77. The Labute approximate surface area is 126 Å². The molecule has 1 heterocycles. The number of benzene rings is 1. The van der Waals surface area contributed by atoms with Crippen molar-refractivity contribution >= 4 is 0 Å². The van der Waals surface area contributed by atoms with E-state index < -0.39 is 0 Å². The first kappa shape index (κ1) is 14.2. The fourth-order valence-electron chi connectivity index (χ4n) is 3.25. The van der Waals surface area contributed by atoms with E-state index in [4.69, 9.17) is 5.84 Å². The van der Waals surface area contributed by atoms with Gasteiger partial charge in [-0.3, -0.25) is 16.3 Å². The van der Waals surface area contributed by atoms with E-state index in [0.717, 1.165) is 31.4 Å². The normalized spacial score (nSPS) is 15.9. The number of hydrogen-bond donors (Lipinski definition) is 2. The van der Waals surface area contributed by atoms with Gasteiger partial charge in [0.25, 0.3) is 0 Å². The van der Waals surface area contributed by atoms with Gasteiger partial charge in [-0.15, -0.1) is 0 Å². The van der Waals surface area contributed by atoms with Gasteiger partial charge in [0.1, 0.15) is 0 Å². The third kappa shape index (κ3) is 3.14. The monoisotopic (exact) mass is 281 g/mol. The van der Waals surface area contributed by atoms with Gasteiger partial charge in [-0.05, 0) is 47.9 Å². The van der Waals surface area contributed by atoms with Crippen LogP contribution < -0.4 is 11.3 Å². The molecule has 110 valence electrons. The molecule has 1 aliphatic rings. The van der Waals surface area contributed by atoms with Crippen molar-refractivity contribution < 1.29 is 0 Å². The van der Waals surface area contributed by atoms with Crippen LogP contribution in [0.4, 0.5) is 0 Å². The smallest absolute Gasteiger partial charge is 0.0419 e. The highest BCUT2D eigenvalue weighted by Gasteiger charge is 2.28. The third-order valence-electron chi connectivity index (χ3n) is 4.59. The Morgan fingerprint density at radius 2 is 1.90 bits per heavy atom. The molecule has 3 rings (SSSR count). The fourth-order valence-corrected chi connectivity index (χ4v) is 3.25. The highest BCUT2D eigenvalue weighted by molar-refractivity contribution is 5.32. The summed E-state index contributed by atoms with van der Waals surface area (Å²) in [5.74, 6) is 6.37. The molecule has 0 bridgehead atoms. The van der Waals surface area contributed by atoms with Gasteiger partial charge in [0.15, 0.2) is 0 Å². The van der Waals surface area contributed by atoms with Crippen LogP contribution >= 0.6 is 0 Å². The molecular weight excluding hydrogens is 258 g/mol. The summed E-state index contributed by atoms with van der Waals surface area (Å²) >= 11 is 0. The summed E-state index contributed by atoms with van der Waals surface area (Å²) in [5, 5.41) is 0. The number of nitrogens with one attached hydrogen (secondary N) is 1. The predicted octanol–water partition coefficient (Wildman–Crippen LogP) is 2.43. The number of nitrogens with zero attached hydrogens (tertiary/aromatic N) is 1. The standard InChI is InChI=1S/C18H23N3/c1-2-13-7-8-17(20-12-13)11-18(21-19)16-9-14-5-3-4-6-15(14)10-16/h3-8,12,16,18,21H,2,9-11,19H2,1H3. The molecule has 3 N–H and O–H groups in total. The first-order chi connectivity index (χ1) is 10.3. The Bertz CT molecular complexity index is 567. The van der Waals surface area contributed by atoms with Crippen molar-refractivity contribution in [3.05, 3.63) is 65.0 Å². The maximum atomic E-state index is 5.81. The molecule has 0 amide bonds. The van der Waals surface area contributed by atoms with Gasteiger partial charge in [-0.1, -0.05) is 37.3 Å². The minimum atomic E-state index is 0.275. The van der Waals surface area contributed by atoms with E-state index in [1.807, 2.05) is 6.20 Å². The Hall–Kier alpha value is -1.71. The first-order valence-electron chi connectivity index (χ1n) is 7.77. The topological polar surface area (TPSA) is 50.9 Å². The number of aryl methyl sites for hydroxylation is 1. The van der Waals surface area contributed by atoms with E-state index in [1.165, 1.54) is 16.7 Å². The zero-order chi connectivity index (χ0) is 14.7. The predicted molar refractivity (Wildman–Crippen MR) is 85.8 cm³/mol. The summed E-state index contributed by atoms with van der Waals surface area (Å²) in [6.45, 7) is 2.15. The fraction of sp³-hybridized carbons (Fsp3) is 0.389. The quantitative estimate of drug-likeness (QED) is 0.654. The van der Waals surface area contributed by atoms with Crippen molar-refractivity contribution in [2.24, 2.45) is 11.8 Å². The number of hydrogen-bond acceptors (Lipinski definition) is 3. The van der Waals surface area contributed by atoms with Crippen molar-refractivity contribution in [2.45, 2.75) is 38.6 Å². The van der Waals surface area contributed by atoms with E-state index in [1.54, 1.807) is 0 Å². The molecule has 0 saturated heterocycles. The van der Waals surface area contributed by atoms with Crippen molar-refractivity contribution in [3.8, 4) is 0 Å². The lowest BCUT2D eigenvalue weighted by molar-refractivity contribution is 0.364. The lowest BCUT2D eigenvalue weighted by Gasteiger charge is -2.22. The summed E-state index contributed by atoms with van der Waals surface area (Å²) in [6, 6.07) is 13.3. The van der Waals surface area contributed by atoms with Crippen LogP contribution in [0, 0.1) is 5.92 Å². The Kier molecular flexibility index (Phi) is 4.32. The molecule has 21 heavy (non-hydrogen) atoms. The van der Waals surface area contributed by atoms with Crippen molar-refractivity contribution in [1.29, 1.82) is 0 Å². The Morgan fingerprint density at radius 1 is 1.19 bits per heavy atom. The number of aromatic nitrogens is 1. The largest absolute Gasteiger partial charge is 0.271 e. The van der Waals surface area contributed by atoms with E-state index in [2.05, 4.69) is 53.7 Å². The van der Waals surface area contributed by atoms with Crippen LogP contribution in [0.25, 0.3) is 0 Å². The van der Waals surface area contributed by atoms with Crippen LogP contribution in [0.5, 0.6) is 0 Å². The van der Waals surface area contributed by atoms with E-state index >= 15 is 0 Å². The van der Waals surface area contributed by atoms with E-state index in [-0.39, 0.29) is 6.04 Å². The van der Waals surface area contributed by atoms with Crippen LogP contribution in [-0.4, -0.2) is 11.0 Å². The number of fused-ring (bicyclic) bond motifs is 1. The molecule has 1 aromatic heterocycles. The number of pyridine rings is 1. The number of rotatable bonds is 5. The van der Waals surface area contributed by atoms with Crippen molar-refractivity contribution in [3.63, 3.8) is 0 Å². The molecular formula is C18H23N3. The number of hydrazine groups is 1. The van der Waals surface area contributed by atoms with Gasteiger partial charge < -0.3 is 0 Å². The van der Waals surface area contributed by atoms with Crippen molar-refractivity contribution in [1.82, 2.24) is 10.4 Å². The van der Waals surface area contributed by atoms with Gasteiger partial charge in [0.05, 0.1) is 0 Å². The average molecular weight is 281 g/mol. The average Bonchev–Trinajstić information content (AvgIpc) is 2.97. The summed E-state index contributed by atoms with van der Waals surface area (Å²) in [4.78, 5) is 4.56. The van der Waals surface area contributed by atoms with Crippen LogP contribution in [0.3, 0.4) is 0 Å². The molecule has 2 aromatic rings. The third-order valence-corrected chi connectivity index (χ3v) is 4.59. The molecule has 1 unspecified atom stereocenters. The summed E-state index contributed by atoms with van der Waals surface area (Å²) < 4.78 is 0. The molecule has 0 aliphatic heterocycles. The second-order valence-corrected chi connectivity index (χ2v) is 5.93. The molecule has 0 saturated carbocycles. The lowest BCUT2D eigenvalue weighted by Crippen LogP contribution is -2.43. The molecule has 0 fully saturated rings. The highest BCUT2D eigenvalue weighted by Crippen LogP contribution is 2.29. The Morgan fingerprint density at radius 3 is 2.43 bits per heavy atom. The summed E-state index contributed by atoms with van der Waals surface area (Å²) in [5.41, 5.74) is 8.35. The second kappa shape index (κ2) is 6.37. The minimum Gasteiger partial charge on any atom is -0.271 e. The molecule has 1 atom stereocenters. The molecule has 0 spiro atoms. The van der Waals surface area contributed by atoms with Gasteiger partial charge in [0, 0.05) is 24.4 Å². The Balaban J connectivity index is 1.68. The van der Waals surface area contributed by atoms with Crippen molar-refractivity contribution in [2.75, 3.05) is 0 Å². The van der Waals surface area contributed by atoms with Crippen LogP contribution in [0.1, 0.15) is 29.3 Å². The van der Waals surface area contributed by atoms with E-state index in [0.29, 0.717) is 5.92 Å². The minimum absolute atomic E-state index is 0.275. The summed E-state index contributed by atoms with van der Waals surface area (Å²) in [7, 11) is 0. The van der Waals surface area contributed by atoms with Crippen LogP contribution in [-0.2, 0) is 25.7 Å². The second-order valence-electron chi connectivity index (χ2n) is 5.93. The van der Waals surface area contributed by atoms with Crippen LogP contribution in [0.2, 0.25) is 0 Å². The van der Waals surface area contributed by atoms with Gasteiger partial charge >= 0.3 is 0 Å². The molecule has 1 aromatic carbocycles. The zero-order valence-corrected chi connectivity index (χ0v) is 12.5. The van der Waals surface area contributed by atoms with Gasteiger partial charge in [0.2, 0.25) is 0 Å². The van der Waals surface area contributed by atoms with Gasteiger partial charge in [-0.25, -0.2) is 0 Å². The van der Waals surface area contributed by atoms with E-state index in [9.17, 15) is 0 Å². The van der Waals surface area contributed by atoms with Gasteiger partial charge in [-0.2, -0.15) is 0 Å². The maximum Gasteiger partial charge on any atom is 0.0419 e. The molecule has 1 aliphatic carbocycles. The maximum absolute atomic E-state index is 5.81. The molecule has 3 heteroatoms. The molecule has 0 radical (unpaired) electrons. The summed E-state index contributed by atoms with van der Waals surface area (Å²) in [6.07, 6.45) is 6.12. The zero-order valence-electron chi connectivity index (χ0n) is 12.5. The van der Waals surface area contributed by atoms with Crippen LogP contribution in [0.15, 0.2) is 42.6 Å². The SMILES string of the molecule is CCc1ccc(CC(NN)C2Cc3ccccc3C2)nc1. The number of nitrogens with two attached hydrogens (primary N) is 1. The highest BCUT2D eigenvalue weighted by atomic mass is 15.2.